The summed E-state index contributed by atoms with van der Waals surface area (Å²) in [5, 5.41) is 6.77. The number of hydrogen-bond acceptors (Lipinski definition) is 2. The molecular weight excluding hydrogens is 200 g/mol. The molecule has 0 bridgehead atoms. The van der Waals surface area contributed by atoms with E-state index in [0.29, 0.717) is 0 Å². The molecule has 16 heavy (non-hydrogen) atoms. The second-order valence-corrected chi connectivity index (χ2v) is 4.51. The second-order valence-electron chi connectivity index (χ2n) is 4.51. The molecule has 0 radical (unpaired) electrons. The minimum atomic E-state index is 0.824. The van der Waals surface area contributed by atoms with Crippen LogP contribution in [0.3, 0.4) is 0 Å². The molecule has 0 fully saturated rings. The van der Waals surface area contributed by atoms with E-state index >= 15 is 0 Å². The molecule has 1 aliphatic rings. The summed E-state index contributed by atoms with van der Waals surface area (Å²) in [6, 6.07) is 0. The Morgan fingerprint density at radius 3 is 3.19 bits per heavy atom. The number of aromatic nitrogens is 4. The van der Waals surface area contributed by atoms with Crippen molar-refractivity contribution in [2.45, 2.75) is 32.6 Å². The summed E-state index contributed by atoms with van der Waals surface area (Å²) in [5.74, 6) is 1.78. The van der Waals surface area contributed by atoms with Gasteiger partial charge < -0.3 is 4.98 Å². The smallest absolute Gasteiger partial charge is 0.140 e. The summed E-state index contributed by atoms with van der Waals surface area (Å²) in [7, 11) is 0. The van der Waals surface area contributed by atoms with Crippen LogP contribution in [0.15, 0.2) is 12.4 Å². The number of aromatic amines is 2. The second kappa shape index (κ2) is 3.77. The van der Waals surface area contributed by atoms with E-state index in [0.717, 1.165) is 30.1 Å². The van der Waals surface area contributed by atoms with Gasteiger partial charge in [0.1, 0.15) is 5.82 Å². The third kappa shape index (κ3) is 1.54. The monoisotopic (exact) mass is 216 g/mol. The Balaban J connectivity index is 1.92. The van der Waals surface area contributed by atoms with E-state index in [2.05, 4.69) is 27.1 Å². The number of H-pyrrole nitrogens is 2. The molecule has 0 aromatic carbocycles. The molecule has 0 saturated carbocycles. The minimum Gasteiger partial charge on any atom is -0.342 e. The highest BCUT2D eigenvalue weighted by Crippen LogP contribution is 2.28. The van der Waals surface area contributed by atoms with Crippen molar-refractivity contribution in [3.05, 3.63) is 23.8 Å². The maximum Gasteiger partial charge on any atom is 0.140 e. The lowest BCUT2D eigenvalue weighted by Gasteiger charge is -2.18. The summed E-state index contributed by atoms with van der Waals surface area (Å²) in [6.45, 7) is 2.27. The summed E-state index contributed by atoms with van der Waals surface area (Å²) in [6.07, 6.45) is 8.49. The highest BCUT2D eigenvalue weighted by Gasteiger charge is 2.21. The van der Waals surface area contributed by atoms with Gasteiger partial charge in [0.25, 0.3) is 0 Å². The van der Waals surface area contributed by atoms with E-state index in [-0.39, 0.29) is 0 Å². The number of nitrogens with one attached hydrogen (secondary N) is 2. The average Bonchev–Trinajstić information content (AvgIpc) is 2.96. The summed E-state index contributed by atoms with van der Waals surface area (Å²) < 4.78 is 0. The topological polar surface area (TPSA) is 57.4 Å². The van der Waals surface area contributed by atoms with Crippen molar-refractivity contribution < 1.29 is 0 Å². The molecule has 1 aliphatic carbocycles. The van der Waals surface area contributed by atoms with Gasteiger partial charge in [-0.15, -0.1) is 0 Å². The third-order valence-corrected chi connectivity index (χ3v) is 3.50. The normalized spacial score (nSPS) is 19.7. The van der Waals surface area contributed by atoms with Gasteiger partial charge in [0.2, 0.25) is 0 Å². The van der Waals surface area contributed by atoms with E-state index in [1.165, 1.54) is 24.2 Å². The number of fused-ring (bicyclic) bond motifs is 1. The molecule has 4 heteroatoms. The molecule has 3 rings (SSSR count). The maximum absolute atomic E-state index is 4.65. The Morgan fingerprint density at radius 1 is 1.50 bits per heavy atom. The summed E-state index contributed by atoms with van der Waals surface area (Å²) in [4.78, 5) is 8.08. The van der Waals surface area contributed by atoms with Crippen LogP contribution in [-0.4, -0.2) is 20.2 Å². The molecule has 1 unspecified atom stereocenters. The Labute approximate surface area is 94.5 Å². The maximum atomic E-state index is 4.65. The van der Waals surface area contributed by atoms with Crippen LogP contribution < -0.4 is 0 Å². The molecule has 84 valence electrons. The van der Waals surface area contributed by atoms with Crippen LogP contribution in [0.4, 0.5) is 0 Å². The molecule has 0 spiro atoms. The summed E-state index contributed by atoms with van der Waals surface area (Å²) >= 11 is 0. The lowest BCUT2D eigenvalue weighted by molar-refractivity contribution is 0.438. The van der Waals surface area contributed by atoms with Crippen molar-refractivity contribution in [3.63, 3.8) is 0 Å². The number of aryl methyl sites for hydroxylation is 1. The Bertz CT molecular complexity index is 469. The average molecular weight is 216 g/mol. The Kier molecular flexibility index (Phi) is 2.27. The van der Waals surface area contributed by atoms with Gasteiger partial charge in [0, 0.05) is 11.9 Å². The highest BCUT2D eigenvalue weighted by atomic mass is 15.1. The van der Waals surface area contributed by atoms with Gasteiger partial charge in [0.15, 0.2) is 0 Å². The van der Waals surface area contributed by atoms with Crippen molar-refractivity contribution in [1.29, 1.82) is 0 Å². The largest absolute Gasteiger partial charge is 0.342 e. The third-order valence-electron chi connectivity index (χ3n) is 3.50. The molecule has 2 N–H and O–H groups in total. The van der Waals surface area contributed by atoms with Gasteiger partial charge in [-0.05, 0) is 25.2 Å². The first-order chi connectivity index (χ1) is 7.86. The predicted octanol–water partition coefficient (Wildman–Crippen LogP) is 2.31. The fraction of sp³-hybridized carbons (Fsp3) is 0.500. The van der Waals surface area contributed by atoms with Crippen LogP contribution in [0.25, 0.3) is 11.4 Å². The highest BCUT2D eigenvalue weighted by molar-refractivity contribution is 5.53. The standard InChI is InChI=1S/C12H16N4/c1-2-8-3-4-10-11(5-8)16-12(15-10)9-6-13-14-7-9/h6-8H,2-5H2,1H3,(H,13,14)(H,15,16). The van der Waals surface area contributed by atoms with Crippen molar-refractivity contribution in [3.8, 4) is 11.4 Å². The van der Waals surface area contributed by atoms with Crippen molar-refractivity contribution in [2.75, 3.05) is 0 Å². The molecule has 1 atom stereocenters. The zero-order valence-corrected chi connectivity index (χ0v) is 9.45. The molecule has 2 aromatic heterocycles. The molecule has 0 saturated heterocycles. The lowest BCUT2D eigenvalue weighted by Crippen LogP contribution is -2.12. The quantitative estimate of drug-likeness (QED) is 0.809. The minimum absolute atomic E-state index is 0.824. The van der Waals surface area contributed by atoms with Crippen molar-refractivity contribution in [2.24, 2.45) is 5.92 Å². The number of nitrogens with zero attached hydrogens (tertiary/aromatic N) is 2. The summed E-state index contributed by atoms with van der Waals surface area (Å²) in [5.41, 5.74) is 3.62. The van der Waals surface area contributed by atoms with E-state index in [1.54, 1.807) is 0 Å². The van der Waals surface area contributed by atoms with Crippen LogP contribution in [0, 0.1) is 5.92 Å². The fourth-order valence-corrected chi connectivity index (χ4v) is 2.42. The number of imidazole rings is 1. The molecule has 0 amide bonds. The number of rotatable bonds is 2. The van der Waals surface area contributed by atoms with Crippen LogP contribution in [0.2, 0.25) is 0 Å². The zero-order valence-electron chi connectivity index (χ0n) is 9.45. The van der Waals surface area contributed by atoms with E-state index in [1.807, 2.05) is 12.4 Å². The van der Waals surface area contributed by atoms with Crippen LogP contribution in [-0.2, 0) is 12.8 Å². The predicted molar refractivity (Wildman–Crippen MR) is 62.0 cm³/mol. The van der Waals surface area contributed by atoms with Gasteiger partial charge in [-0.3, -0.25) is 5.10 Å². The van der Waals surface area contributed by atoms with Crippen LogP contribution in [0.1, 0.15) is 31.2 Å². The Hall–Kier alpha value is -1.58. The molecular formula is C12H16N4. The first-order valence-electron chi connectivity index (χ1n) is 5.93. The first kappa shape index (κ1) is 9.63. The molecule has 2 heterocycles. The fourth-order valence-electron chi connectivity index (χ4n) is 2.42. The SMILES string of the molecule is CCC1CCc2nc(-c3cn[nH]c3)[nH]c2C1. The van der Waals surface area contributed by atoms with Gasteiger partial charge >= 0.3 is 0 Å². The Morgan fingerprint density at radius 2 is 2.44 bits per heavy atom. The van der Waals surface area contributed by atoms with E-state index in [4.69, 9.17) is 0 Å². The molecule has 2 aromatic rings. The van der Waals surface area contributed by atoms with Gasteiger partial charge in [-0.1, -0.05) is 13.3 Å². The molecule has 0 aliphatic heterocycles. The van der Waals surface area contributed by atoms with Crippen LogP contribution >= 0.6 is 0 Å². The van der Waals surface area contributed by atoms with Crippen molar-refractivity contribution in [1.82, 2.24) is 20.2 Å². The van der Waals surface area contributed by atoms with Gasteiger partial charge in [0.05, 0.1) is 17.5 Å². The lowest BCUT2D eigenvalue weighted by atomic mass is 9.88. The van der Waals surface area contributed by atoms with E-state index < -0.39 is 0 Å². The van der Waals surface area contributed by atoms with Gasteiger partial charge in [-0.2, -0.15) is 5.10 Å². The van der Waals surface area contributed by atoms with Crippen molar-refractivity contribution >= 4 is 0 Å². The molecule has 4 nitrogen and oxygen atoms in total. The zero-order chi connectivity index (χ0) is 11.0. The van der Waals surface area contributed by atoms with Gasteiger partial charge in [-0.25, -0.2) is 4.98 Å². The van der Waals surface area contributed by atoms with E-state index in [9.17, 15) is 0 Å². The number of hydrogen-bond donors (Lipinski definition) is 2. The first-order valence-corrected chi connectivity index (χ1v) is 5.93. The van der Waals surface area contributed by atoms with Crippen LogP contribution in [0.5, 0.6) is 0 Å².